The molecule has 0 fully saturated rings. The van der Waals surface area contributed by atoms with E-state index in [2.05, 4.69) is 12.6 Å². The molecule has 1 atom stereocenters. The highest BCUT2D eigenvalue weighted by Gasteiger charge is 2.06. The van der Waals surface area contributed by atoms with Crippen molar-refractivity contribution in [3.05, 3.63) is 35.4 Å². The van der Waals surface area contributed by atoms with E-state index in [-0.39, 0.29) is 5.25 Å². The second-order valence-electron chi connectivity index (χ2n) is 2.34. The van der Waals surface area contributed by atoms with E-state index >= 15 is 0 Å². The van der Waals surface area contributed by atoms with Crippen molar-refractivity contribution in [1.29, 1.82) is 0 Å². The Balaban J connectivity index is 3.09. The molecule has 1 rings (SSSR count). The van der Waals surface area contributed by atoms with Gasteiger partial charge in [-0.1, -0.05) is 6.07 Å². The number of hydrogen-bond donors (Lipinski definition) is 1. The van der Waals surface area contributed by atoms with Crippen LogP contribution >= 0.6 is 12.6 Å². The van der Waals surface area contributed by atoms with Crippen molar-refractivity contribution in [2.75, 3.05) is 0 Å². The van der Waals surface area contributed by atoms with Gasteiger partial charge in [-0.15, -0.1) is 0 Å². The van der Waals surface area contributed by atoms with Gasteiger partial charge in [0.1, 0.15) is 11.6 Å². The average molecular weight is 174 g/mol. The van der Waals surface area contributed by atoms with Gasteiger partial charge in [-0.05, 0) is 13.0 Å². The van der Waals surface area contributed by atoms with Gasteiger partial charge in [0.15, 0.2) is 0 Å². The lowest BCUT2D eigenvalue weighted by Gasteiger charge is -2.04. The van der Waals surface area contributed by atoms with Crippen molar-refractivity contribution in [3.63, 3.8) is 0 Å². The second kappa shape index (κ2) is 3.22. The third kappa shape index (κ3) is 1.93. The predicted octanol–water partition coefficient (Wildman–Crippen LogP) is 2.96. The lowest BCUT2D eigenvalue weighted by atomic mass is 10.1. The van der Waals surface area contributed by atoms with Crippen LogP contribution in [0.1, 0.15) is 17.7 Å². The fourth-order valence-corrected chi connectivity index (χ4v) is 1.05. The van der Waals surface area contributed by atoms with Gasteiger partial charge in [-0.25, -0.2) is 8.78 Å². The minimum atomic E-state index is -0.555. The molecule has 0 heterocycles. The second-order valence-corrected chi connectivity index (χ2v) is 3.12. The summed E-state index contributed by atoms with van der Waals surface area (Å²) >= 11 is 4.03. The Morgan fingerprint density at radius 2 is 2.00 bits per heavy atom. The molecular formula is C8H8F2S. The smallest absolute Gasteiger partial charge is 0.130 e. The van der Waals surface area contributed by atoms with Crippen LogP contribution in [-0.2, 0) is 0 Å². The van der Waals surface area contributed by atoms with E-state index in [1.807, 2.05) is 0 Å². The largest absolute Gasteiger partial charge is 0.207 e. The molecule has 0 aliphatic carbocycles. The Morgan fingerprint density at radius 1 is 1.36 bits per heavy atom. The molecule has 0 aliphatic rings. The fraction of sp³-hybridized carbons (Fsp3) is 0.250. The maximum atomic E-state index is 12.8. The van der Waals surface area contributed by atoms with E-state index in [0.717, 1.165) is 6.07 Å². The van der Waals surface area contributed by atoms with Gasteiger partial charge in [0.05, 0.1) is 0 Å². The van der Waals surface area contributed by atoms with Crippen molar-refractivity contribution >= 4 is 12.6 Å². The zero-order valence-corrected chi connectivity index (χ0v) is 6.91. The molecule has 1 aromatic carbocycles. The lowest BCUT2D eigenvalue weighted by molar-refractivity contribution is 0.573. The van der Waals surface area contributed by atoms with Crippen LogP contribution in [0, 0.1) is 11.6 Å². The summed E-state index contributed by atoms with van der Waals surface area (Å²) in [4.78, 5) is 0. The third-order valence-electron chi connectivity index (χ3n) is 1.41. The zero-order valence-electron chi connectivity index (χ0n) is 6.01. The third-order valence-corrected chi connectivity index (χ3v) is 1.69. The number of rotatable bonds is 1. The number of benzene rings is 1. The Morgan fingerprint density at radius 3 is 2.45 bits per heavy atom. The van der Waals surface area contributed by atoms with Crippen LogP contribution in [0.25, 0.3) is 0 Å². The van der Waals surface area contributed by atoms with Gasteiger partial charge in [0.2, 0.25) is 0 Å². The van der Waals surface area contributed by atoms with E-state index in [1.165, 1.54) is 12.1 Å². The van der Waals surface area contributed by atoms with Gasteiger partial charge in [-0.2, -0.15) is 12.6 Å². The molecule has 0 bridgehead atoms. The molecule has 0 N–H and O–H groups in total. The highest BCUT2D eigenvalue weighted by molar-refractivity contribution is 7.80. The number of hydrogen-bond acceptors (Lipinski definition) is 1. The zero-order chi connectivity index (χ0) is 8.43. The van der Waals surface area contributed by atoms with Crippen LogP contribution in [0.2, 0.25) is 0 Å². The molecule has 60 valence electrons. The van der Waals surface area contributed by atoms with Gasteiger partial charge < -0.3 is 0 Å². The molecule has 3 heteroatoms. The summed E-state index contributed by atoms with van der Waals surface area (Å²) in [6, 6.07) is 3.50. The minimum absolute atomic E-state index is 0.199. The lowest BCUT2D eigenvalue weighted by Crippen LogP contribution is -1.91. The van der Waals surface area contributed by atoms with E-state index in [9.17, 15) is 8.78 Å². The average Bonchev–Trinajstić information content (AvgIpc) is 1.85. The Bertz CT molecular complexity index is 258. The molecule has 11 heavy (non-hydrogen) atoms. The summed E-state index contributed by atoms with van der Waals surface area (Å²) in [5, 5.41) is -0.199. The topological polar surface area (TPSA) is 0 Å². The van der Waals surface area contributed by atoms with Crippen LogP contribution < -0.4 is 0 Å². The van der Waals surface area contributed by atoms with Crippen molar-refractivity contribution in [2.24, 2.45) is 0 Å². The Kier molecular flexibility index (Phi) is 2.49. The van der Waals surface area contributed by atoms with E-state index in [1.54, 1.807) is 6.92 Å². The van der Waals surface area contributed by atoms with Crippen molar-refractivity contribution < 1.29 is 8.78 Å². The number of halogens is 2. The van der Waals surface area contributed by atoms with E-state index < -0.39 is 11.6 Å². The molecule has 0 nitrogen and oxygen atoms in total. The van der Waals surface area contributed by atoms with Crippen molar-refractivity contribution in [1.82, 2.24) is 0 Å². The first-order chi connectivity index (χ1) is 5.11. The summed E-state index contributed by atoms with van der Waals surface area (Å²) in [5.41, 5.74) is 0.426. The highest BCUT2D eigenvalue weighted by atomic mass is 32.1. The van der Waals surface area contributed by atoms with Crippen LogP contribution in [0.3, 0.4) is 0 Å². The van der Waals surface area contributed by atoms with Crippen LogP contribution in [0.15, 0.2) is 18.2 Å². The first kappa shape index (κ1) is 8.53. The van der Waals surface area contributed by atoms with Crippen LogP contribution in [0.5, 0.6) is 0 Å². The Labute approximate surface area is 69.6 Å². The highest BCUT2D eigenvalue weighted by Crippen LogP contribution is 2.21. The quantitative estimate of drug-likeness (QED) is 0.622. The van der Waals surface area contributed by atoms with Gasteiger partial charge >= 0.3 is 0 Å². The first-order valence-corrected chi connectivity index (χ1v) is 3.76. The van der Waals surface area contributed by atoms with Crippen molar-refractivity contribution in [2.45, 2.75) is 12.2 Å². The van der Waals surface area contributed by atoms with Crippen LogP contribution in [-0.4, -0.2) is 0 Å². The summed E-state index contributed by atoms with van der Waals surface area (Å²) in [7, 11) is 0. The molecule has 0 spiro atoms. The SMILES string of the molecule is CC(S)c1ccc(F)cc1F. The van der Waals surface area contributed by atoms with Crippen LogP contribution in [0.4, 0.5) is 8.78 Å². The molecule has 0 amide bonds. The Hall–Kier alpha value is -0.570. The summed E-state index contributed by atoms with van der Waals surface area (Å²) in [6.07, 6.45) is 0. The van der Waals surface area contributed by atoms with Gasteiger partial charge in [0.25, 0.3) is 0 Å². The molecule has 1 unspecified atom stereocenters. The molecule has 0 saturated heterocycles. The molecular weight excluding hydrogens is 166 g/mol. The summed E-state index contributed by atoms with van der Waals surface area (Å²) < 4.78 is 25.2. The molecule has 0 radical (unpaired) electrons. The van der Waals surface area contributed by atoms with E-state index in [0.29, 0.717) is 5.56 Å². The fourth-order valence-electron chi connectivity index (χ4n) is 0.840. The first-order valence-electron chi connectivity index (χ1n) is 3.24. The summed E-state index contributed by atoms with van der Waals surface area (Å²) in [5.74, 6) is -1.09. The minimum Gasteiger partial charge on any atom is -0.207 e. The molecule has 0 aromatic heterocycles. The molecule has 1 aromatic rings. The van der Waals surface area contributed by atoms with E-state index in [4.69, 9.17) is 0 Å². The predicted molar refractivity (Wildman–Crippen MR) is 43.8 cm³/mol. The molecule has 0 saturated carbocycles. The van der Waals surface area contributed by atoms with Gasteiger partial charge in [-0.3, -0.25) is 0 Å². The summed E-state index contributed by atoms with van der Waals surface area (Å²) in [6.45, 7) is 1.74. The molecule has 0 aliphatic heterocycles. The standard InChI is InChI=1S/C8H8F2S/c1-5(11)7-3-2-6(9)4-8(7)10/h2-5,11H,1H3. The van der Waals surface area contributed by atoms with Gasteiger partial charge in [0, 0.05) is 16.9 Å². The number of thiol groups is 1. The monoisotopic (exact) mass is 174 g/mol. The van der Waals surface area contributed by atoms with Crippen molar-refractivity contribution in [3.8, 4) is 0 Å². The maximum Gasteiger partial charge on any atom is 0.130 e. The normalized spacial score (nSPS) is 13.1. The maximum absolute atomic E-state index is 12.8.